The van der Waals surface area contributed by atoms with E-state index in [0.717, 1.165) is 4.48 Å². The summed E-state index contributed by atoms with van der Waals surface area (Å²) in [5.74, 6) is 3.00. The van der Waals surface area contributed by atoms with Crippen molar-refractivity contribution in [3.05, 3.63) is 0 Å². The lowest BCUT2D eigenvalue weighted by Gasteiger charge is -2.40. The van der Waals surface area contributed by atoms with Gasteiger partial charge in [0.1, 0.15) is 0 Å². The summed E-state index contributed by atoms with van der Waals surface area (Å²) in [6.45, 7) is 10.6. The molecule has 1 unspecified atom stereocenters. The Morgan fingerprint density at radius 2 is 1.37 bits per heavy atom. The summed E-state index contributed by atoms with van der Waals surface area (Å²) >= 11 is 2.48. The Hall–Kier alpha value is 0.250. The smallest absolute Gasteiger partial charge is 0.200 e. The number of nitrogens with zero attached hydrogens (tertiary/aromatic N) is 1. The van der Waals surface area contributed by atoms with Crippen LogP contribution < -0.4 is 0 Å². The third-order valence-corrected chi connectivity index (χ3v) is 5.70. The number of rotatable bonds is 12. The van der Waals surface area contributed by atoms with E-state index in [1.165, 1.54) is 71.0 Å². The lowest BCUT2D eigenvalue weighted by atomic mass is 10.1. The summed E-state index contributed by atoms with van der Waals surface area (Å²) in [7, 11) is 0. The van der Waals surface area contributed by atoms with E-state index >= 15 is 0 Å². The fraction of sp³-hybridized carbons (Fsp3) is 0.882. The first-order valence-corrected chi connectivity index (χ1v) is 9.37. The highest BCUT2D eigenvalue weighted by atomic mass is 127. The van der Waals surface area contributed by atoms with E-state index in [0.29, 0.717) is 4.05 Å². The zero-order valence-electron chi connectivity index (χ0n) is 13.3. The van der Waals surface area contributed by atoms with Crippen molar-refractivity contribution in [1.82, 2.24) is 0 Å². The van der Waals surface area contributed by atoms with Gasteiger partial charge >= 0.3 is 0 Å². The van der Waals surface area contributed by atoms with Gasteiger partial charge in [-0.15, -0.1) is 6.42 Å². The van der Waals surface area contributed by atoms with Gasteiger partial charge in [0.25, 0.3) is 0 Å². The average Bonchev–Trinajstić information content (AvgIpc) is 2.45. The second kappa shape index (κ2) is 12.0. The van der Waals surface area contributed by atoms with Gasteiger partial charge < -0.3 is 4.48 Å². The lowest BCUT2D eigenvalue weighted by Crippen LogP contribution is -2.53. The number of hydrogen-bond donors (Lipinski definition) is 0. The monoisotopic (exact) mass is 378 g/mol. The molecule has 1 nitrogen and oxygen atoms in total. The Morgan fingerprint density at radius 1 is 0.895 bits per heavy atom. The van der Waals surface area contributed by atoms with E-state index in [1.54, 1.807) is 0 Å². The summed E-state index contributed by atoms with van der Waals surface area (Å²) in [6, 6.07) is 0. The van der Waals surface area contributed by atoms with Crippen LogP contribution in [-0.4, -0.2) is 28.2 Å². The van der Waals surface area contributed by atoms with Crippen LogP contribution in [0.15, 0.2) is 0 Å². The predicted molar refractivity (Wildman–Crippen MR) is 95.5 cm³/mol. The molecule has 0 aliphatic carbocycles. The summed E-state index contributed by atoms with van der Waals surface area (Å²) < 4.78 is 1.47. The van der Waals surface area contributed by atoms with Crippen LogP contribution in [0.4, 0.5) is 0 Å². The first-order valence-electron chi connectivity index (χ1n) is 8.12. The topological polar surface area (TPSA) is 0 Å². The van der Waals surface area contributed by atoms with Gasteiger partial charge in [0.05, 0.1) is 19.6 Å². The van der Waals surface area contributed by atoms with Gasteiger partial charge in [-0.25, -0.2) is 0 Å². The molecule has 0 saturated heterocycles. The van der Waals surface area contributed by atoms with Crippen LogP contribution in [0.1, 0.15) is 72.1 Å². The van der Waals surface area contributed by atoms with Crippen molar-refractivity contribution >= 4 is 22.6 Å². The number of hydrogen-bond acceptors (Lipinski definition) is 0. The molecule has 0 heterocycles. The van der Waals surface area contributed by atoms with Crippen LogP contribution in [-0.2, 0) is 0 Å². The molecule has 0 aromatic carbocycles. The van der Waals surface area contributed by atoms with Gasteiger partial charge in [-0.3, -0.25) is 0 Å². The van der Waals surface area contributed by atoms with Crippen molar-refractivity contribution in [3.8, 4) is 12.3 Å². The molecule has 0 fully saturated rings. The van der Waals surface area contributed by atoms with Gasteiger partial charge in [0.15, 0.2) is 0 Å². The molecular weight excluding hydrogens is 345 g/mol. The number of alkyl halides is 1. The van der Waals surface area contributed by atoms with E-state index in [9.17, 15) is 0 Å². The fourth-order valence-corrected chi connectivity index (χ4v) is 3.63. The second-order valence-corrected chi connectivity index (χ2v) is 6.79. The minimum Gasteiger partial charge on any atom is -0.303 e. The molecular formula is C17H33IN+. The van der Waals surface area contributed by atoms with Crippen LogP contribution in [0.3, 0.4) is 0 Å². The van der Waals surface area contributed by atoms with Gasteiger partial charge in [0, 0.05) is 22.6 Å². The highest BCUT2D eigenvalue weighted by molar-refractivity contribution is 14.1. The lowest BCUT2D eigenvalue weighted by molar-refractivity contribution is -0.925. The van der Waals surface area contributed by atoms with Crippen molar-refractivity contribution in [3.63, 3.8) is 0 Å². The Balaban J connectivity index is 4.38. The molecule has 0 spiro atoms. The molecule has 0 amide bonds. The quantitative estimate of drug-likeness (QED) is 0.107. The van der Waals surface area contributed by atoms with Crippen LogP contribution in [0, 0.1) is 12.3 Å². The molecule has 0 rings (SSSR count). The minimum absolute atomic E-state index is 0.339. The highest BCUT2D eigenvalue weighted by Gasteiger charge is 2.31. The van der Waals surface area contributed by atoms with Crippen molar-refractivity contribution in [2.45, 2.75) is 76.2 Å². The van der Waals surface area contributed by atoms with Crippen molar-refractivity contribution in [2.24, 2.45) is 0 Å². The van der Waals surface area contributed by atoms with Crippen LogP contribution >= 0.6 is 22.6 Å². The molecule has 0 aromatic heterocycles. The molecule has 0 bridgehead atoms. The average molecular weight is 378 g/mol. The van der Waals surface area contributed by atoms with Gasteiger partial charge in [-0.2, -0.15) is 0 Å². The van der Waals surface area contributed by atoms with E-state index in [1.807, 2.05) is 0 Å². The molecule has 0 aliphatic heterocycles. The van der Waals surface area contributed by atoms with Gasteiger partial charge in [0.2, 0.25) is 4.05 Å². The number of terminal acetylenes is 1. The Morgan fingerprint density at radius 3 is 1.68 bits per heavy atom. The standard InChI is InChI=1S/C17H33IN/c1-5-9-11-13-15-19(8-4,17(18)7-3)16-14-12-10-6-2/h3,17H,5-6,8-16H2,1-2,4H3/q+1. The molecule has 0 radical (unpaired) electrons. The van der Waals surface area contributed by atoms with Gasteiger partial charge in [-0.05, 0) is 38.5 Å². The molecule has 0 saturated carbocycles. The Kier molecular flexibility index (Phi) is 12.2. The Bertz CT molecular complexity index is 232. The van der Waals surface area contributed by atoms with Crippen LogP contribution in [0.5, 0.6) is 0 Å². The molecule has 19 heavy (non-hydrogen) atoms. The first-order chi connectivity index (χ1) is 9.16. The maximum absolute atomic E-state index is 5.72. The van der Waals surface area contributed by atoms with E-state index in [2.05, 4.69) is 49.3 Å². The maximum Gasteiger partial charge on any atom is 0.200 e. The zero-order valence-corrected chi connectivity index (χ0v) is 15.4. The first kappa shape index (κ1) is 19.2. The molecule has 2 heteroatoms. The highest BCUT2D eigenvalue weighted by Crippen LogP contribution is 2.23. The maximum atomic E-state index is 5.72. The predicted octanol–water partition coefficient (Wildman–Crippen LogP) is 5.38. The summed E-state index contributed by atoms with van der Waals surface area (Å²) in [5.41, 5.74) is 0. The van der Waals surface area contributed by atoms with Crippen molar-refractivity contribution in [2.75, 3.05) is 19.6 Å². The second-order valence-electron chi connectivity index (χ2n) is 5.61. The largest absolute Gasteiger partial charge is 0.303 e. The zero-order chi connectivity index (χ0) is 14.6. The number of unbranched alkanes of at least 4 members (excludes halogenated alkanes) is 6. The third-order valence-electron chi connectivity index (χ3n) is 4.16. The van der Waals surface area contributed by atoms with Crippen LogP contribution in [0.2, 0.25) is 0 Å². The normalized spacial score (nSPS) is 13.2. The van der Waals surface area contributed by atoms with Crippen LogP contribution in [0.25, 0.3) is 0 Å². The third kappa shape index (κ3) is 7.56. The molecule has 0 aromatic rings. The molecule has 1 atom stereocenters. The van der Waals surface area contributed by atoms with Gasteiger partial charge in [-0.1, -0.05) is 39.5 Å². The van der Waals surface area contributed by atoms with Crippen molar-refractivity contribution in [1.29, 1.82) is 0 Å². The number of quaternary nitrogens is 1. The van der Waals surface area contributed by atoms with E-state index in [4.69, 9.17) is 6.42 Å². The Labute approximate surface area is 135 Å². The summed E-state index contributed by atoms with van der Waals surface area (Å²) in [4.78, 5) is 0. The molecule has 112 valence electrons. The fourth-order valence-electron chi connectivity index (χ4n) is 2.68. The SMILES string of the molecule is C#CC(I)[N+](CC)(CCCCCC)CCCCCC. The number of halogens is 1. The minimum atomic E-state index is 0.339. The summed E-state index contributed by atoms with van der Waals surface area (Å²) in [5, 5.41) is 0. The summed E-state index contributed by atoms with van der Waals surface area (Å²) in [6.07, 6.45) is 16.4. The van der Waals surface area contributed by atoms with E-state index < -0.39 is 0 Å². The molecule has 0 N–H and O–H groups in total. The van der Waals surface area contributed by atoms with Crippen molar-refractivity contribution < 1.29 is 4.48 Å². The molecule has 0 aliphatic rings. The van der Waals surface area contributed by atoms with E-state index in [-0.39, 0.29) is 0 Å².